The molecule has 0 radical (unpaired) electrons. The van der Waals surface area contributed by atoms with E-state index in [-0.39, 0.29) is 5.75 Å². The van der Waals surface area contributed by atoms with Crippen molar-refractivity contribution in [2.24, 2.45) is 0 Å². The van der Waals surface area contributed by atoms with Gasteiger partial charge in [0.15, 0.2) is 0 Å². The number of amides is 1. The summed E-state index contributed by atoms with van der Waals surface area (Å²) in [4.78, 5) is 19.9. The van der Waals surface area contributed by atoms with Gasteiger partial charge in [-0.2, -0.15) is 0 Å². The zero-order valence-corrected chi connectivity index (χ0v) is 5.73. The maximum Gasteiger partial charge on any atom is 0.419 e. The van der Waals surface area contributed by atoms with Crippen molar-refractivity contribution in [1.82, 2.24) is 5.32 Å². The van der Waals surface area contributed by atoms with Gasteiger partial charge in [0.05, 0.1) is 17.8 Å². The SMILES string of the molecule is CNC(=O)OSCC=O. The summed E-state index contributed by atoms with van der Waals surface area (Å²) in [5, 5.41) is 2.23. The maximum absolute atomic E-state index is 10.2. The van der Waals surface area contributed by atoms with Gasteiger partial charge in [-0.15, -0.1) is 0 Å². The summed E-state index contributed by atoms with van der Waals surface area (Å²) in [5.74, 6) is 0.174. The van der Waals surface area contributed by atoms with Gasteiger partial charge in [-0.05, 0) is 0 Å². The first-order valence-corrected chi connectivity index (χ1v) is 3.17. The molecule has 52 valence electrons. The molecule has 0 heterocycles. The van der Waals surface area contributed by atoms with E-state index in [1.165, 1.54) is 7.05 Å². The van der Waals surface area contributed by atoms with E-state index in [1.54, 1.807) is 0 Å². The Morgan fingerprint density at radius 1 is 1.89 bits per heavy atom. The zero-order valence-electron chi connectivity index (χ0n) is 4.92. The Hall–Kier alpha value is -0.710. The highest BCUT2D eigenvalue weighted by molar-refractivity contribution is 7.95. The molecule has 0 spiro atoms. The molecular weight excluding hydrogens is 142 g/mol. The van der Waals surface area contributed by atoms with Crippen LogP contribution < -0.4 is 5.32 Å². The number of rotatable bonds is 3. The monoisotopic (exact) mass is 149 g/mol. The van der Waals surface area contributed by atoms with Crippen molar-refractivity contribution >= 4 is 24.4 Å². The average Bonchev–Trinajstić information content (AvgIpc) is 1.89. The molecule has 4 nitrogen and oxygen atoms in total. The molecule has 1 N–H and O–H groups in total. The van der Waals surface area contributed by atoms with Gasteiger partial charge in [-0.1, -0.05) is 0 Å². The summed E-state index contributed by atoms with van der Waals surface area (Å²) in [6.07, 6.45) is 0.120. The summed E-state index contributed by atoms with van der Waals surface area (Å²) < 4.78 is 4.37. The average molecular weight is 149 g/mol. The largest absolute Gasteiger partial charge is 0.419 e. The Labute approximate surface area is 57.2 Å². The highest BCUT2D eigenvalue weighted by Crippen LogP contribution is 1.98. The van der Waals surface area contributed by atoms with Gasteiger partial charge in [0.1, 0.15) is 6.29 Å². The predicted molar refractivity (Wildman–Crippen MR) is 34.1 cm³/mol. The molecule has 0 saturated heterocycles. The summed E-state index contributed by atoms with van der Waals surface area (Å²) in [5.41, 5.74) is 0. The van der Waals surface area contributed by atoms with Gasteiger partial charge < -0.3 is 14.3 Å². The van der Waals surface area contributed by atoms with E-state index in [9.17, 15) is 9.59 Å². The van der Waals surface area contributed by atoms with Crippen LogP contribution in [0.25, 0.3) is 0 Å². The van der Waals surface area contributed by atoms with E-state index in [4.69, 9.17) is 0 Å². The van der Waals surface area contributed by atoms with E-state index >= 15 is 0 Å². The quantitative estimate of drug-likeness (QED) is 0.353. The lowest BCUT2D eigenvalue weighted by atomic mass is 10.9. The van der Waals surface area contributed by atoms with Crippen LogP contribution in [0.15, 0.2) is 0 Å². The third-order valence-corrected chi connectivity index (χ3v) is 1.02. The van der Waals surface area contributed by atoms with E-state index in [0.29, 0.717) is 6.29 Å². The van der Waals surface area contributed by atoms with Crippen LogP contribution in [0.5, 0.6) is 0 Å². The smallest absolute Gasteiger partial charge is 0.375 e. The molecule has 0 aromatic heterocycles. The number of hydrogen-bond donors (Lipinski definition) is 1. The lowest BCUT2D eigenvalue weighted by Crippen LogP contribution is -2.16. The van der Waals surface area contributed by atoms with Gasteiger partial charge in [-0.25, -0.2) is 4.79 Å². The highest BCUT2D eigenvalue weighted by Gasteiger charge is 1.95. The second-order valence-corrected chi connectivity index (χ2v) is 1.81. The van der Waals surface area contributed by atoms with Crippen molar-refractivity contribution < 1.29 is 13.8 Å². The number of hydrogen-bond acceptors (Lipinski definition) is 4. The second-order valence-electron chi connectivity index (χ2n) is 1.07. The molecule has 0 aromatic rings. The van der Waals surface area contributed by atoms with Crippen LogP contribution >= 0.6 is 12.0 Å². The molecular formula is C4H7NO3S. The van der Waals surface area contributed by atoms with Crippen molar-refractivity contribution in [3.05, 3.63) is 0 Å². The van der Waals surface area contributed by atoms with Gasteiger partial charge >= 0.3 is 6.09 Å². The molecule has 9 heavy (non-hydrogen) atoms. The van der Waals surface area contributed by atoms with Crippen LogP contribution in [0, 0.1) is 0 Å². The first kappa shape index (κ1) is 8.29. The number of aldehydes is 1. The van der Waals surface area contributed by atoms with E-state index < -0.39 is 6.09 Å². The highest BCUT2D eigenvalue weighted by atomic mass is 32.2. The molecule has 0 atom stereocenters. The van der Waals surface area contributed by atoms with Crippen molar-refractivity contribution in [2.75, 3.05) is 12.8 Å². The van der Waals surface area contributed by atoms with Crippen LogP contribution in [0.2, 0.25) is 0 Å². The third-order valence-electron chi connectivity index (χ3n) is 0.475. The minimum Gasteiger partial charge on any atom is -0.375 e. The number of carbonyl (C=O) groups excluding carboxylic acids is 2. The molecule has 5 heteroatoms. The topological polar surface area (TPSA) is 55.4 Å². The molecule has 0 unspecified atom stereocenters. The van der Waals surface area contributed by atoms with E-state index in [0.717, 1.165) is 12.0 Å². The fourth-order valence-corrected chi connectivity index (χ4v) is 0.471. The maximum atomic E-state index is 10.2. The number of carbonyl (C=O) groups is 2. The van der Waals surface area contributed by atoms with E-state index in [1.807, 2.05) is 0 Å². The minimum atomic E-state index is -0.540. The van der Waals surface area contributed by atoms with Gasteiger partial charge in [0.2, 0.25) is 0 Å². The van der Waals surface area contributed by atoms with Crippen molar-refractivity contribution in [2.45, 2.75) is 0 Å². The molecule has 0 aromatic carbocycles. The Morgan fingerprint density at radius 3 is 3.00 bits per heavy atom. The van der Waals surface area contributed by atoms with E-state index in [2.05, 4.69) is 9.50 Å². The second kappa shape index (κ2) is 5.43. The van der Waals surface area contributed by atoms with Crippen molar-refractivity contribution in [1.29, 1.82) is 0 Å². The summed E-state index contributed by atoms with van der Waals surface area (Å²) >= 11 is 0.806. The fraction of sp³-hybridized carbons (Fsp3) is 0.500. The molecule has 1 amide bonds. The molecule has 0 bridgehead atoms. The predicted octanol–water partition coefficient (Wildman–Crippen LogP) is 0.190. The lowest BCUT2D eigenvalue weighted by molar-refractivity contribution is -0.105. The molecule has 0 aliphatic rings. The summed E-state index contributed by atoms with van der Waals surface area (Å²) in [6.45, 7) is 0. The zero-order chi connectivity index (χ0) is 7.11. The third kappa shape index (κ3) is 5.16. The van der Waals surface area contributed by atoms with Crippen LogP contribution in [0.4, 0.5) is 4.79 Å². The van der Waals surface area contributed by atoms with Crippen molar-refractivity contribution in [3.8, 4) is 0 Å². The summed E-state index contributed by atoms with van der Waals surface area (Å²) in [6, 6.07) is 0. The first-order valence-electron chi connectivity index (χ1n) is 2.26. The summed E-state index contributed by atoms with van der Waals surface area (Å²) in [7, 11) is 1.45. The molecule has 0 rings (SSSR count). The fourth-order valence-electron chi connectivity index (χ4n) is 0.157. The first-order chi connectivity index (χ1) is 4.31. The van der Waals surface area contributed by atoms with Crippen LogP contribution in [0.3, 0.4) is 0 Å². The Kier molecular flexibility index (Phi) is 5.00. The van der Waals surface area contributed by atoms with Gasteiger partial charge in [-0.3, -0.25) is 0 Å². The lowest BCUT2D eigenvalue weighted by Gasteiger charge is -1.95. The van der Waals surface area contributed by atoms with Crippen LogP contribution in [0.1, 0.15) is 0 Å². The standard InChI is InChI=1S/C4H7NO3S/c1-5-4(7)8-9-3-2-6/h2H,3H2,1H3,(H,5,7). The Morgan fingerprint density at radius 2 is 2.56 bits per heavy atom. The van der Waals surface area contributed by atoms with Crippen LogP contribution in [-0.2, 0) is 8.98 Å². The minimum absolute atomic E-state index is 0.174. The van der Waals surface area contributed by atoms with Crippen LogP contribution in [-0.4, -0.2) is 25.2 Å². The van der Waals surface area contributed by atoms with Crippen molar-refractivity contribution in [3.63, 3.8) is 0 Å². The molecule has 0 aliphatic carbocycles. The number of nitrogens with one attached hydrogen (secondary N) is 1. The Balaban J connectivity index is 3.06. The van der Waals surface area contributed by atoms with Gasteiger partial charge in [0.25, 0.3) is 0 Å². The molecule has 0 saturated carbocycles. The normalized spacial score (nSPS) is 8.11. The van der Waals surface area contributed by atoms with Gasteiger partial charge in [0, 0.05) is 7.05 Å². The molecule has 0 aliphatic heterocycles. The molecule has 0 fully saturated rings. The Bertz CT molecular complexity index is 106.